The van der Waals surface area contributed by atoms with Crippen LogP contribution in [-0.4, -0.2) is 45.5 Å². The summed E-state index contributed by atoms with van der Waals surface area (Å²) < 4.78 is 34.8. The monoisotopic (exact) mass is 344 g/mol. The molecular formula is C18H20N2O3S. The minimum absolute atomic E-state index is 0.212. The Morgan fingerprint density at radius 2 is 1.54 bits per heavy atom. The van der Waals surface area contributed by atoms with Crippen LogP contribution in [0.1, 0.15) is 5.56 Å². The van der Waals surface area contributed by atoms with Crippen LogP contribution in [0, 0.1) is 0 Å². The normalized spacial score (nSPS) is 16.2. The van der Waals surface area contributed by atoms with Crippen LogP contribution < -0.4 is 0 Å². The van der Waals surface area contributed by atoms with Crippen LogP contribution in [-0.2, 0) is 21.2 Å². The Morgan fingerprint density at radius 3 is 2.17 bits per heavy atom. The van der Waals surface area contributed by atoms with Gasteiger partial charge in [-0.3, -0.25) is 0 Å². The highest BCUT2D eigenvalue weighted by molar-refractivity contribution is 7.90. The molecule has 6 heteroatoms. The van der Waals surface area contributed by atoms with Gasteiger partial charge in [-0.1, -0.05) is 48.5 Å². The summed E-state index contributed by atoms with van der Waals surface area (Å²) in [6.07, 6.45) is 0.479. The number of hydrogen-bond acceptors (Lipinski definition) is 3. The van der Waals surface area contributed by atoms with Crippen molar-refractivity contribution in [2.24, 2.45) is 4.40 Å². The predicted octanol–water partition coefficient (Wildman–Crippen LogP) is 2.35. The van der Waals surface area contributed by atoms with Crippen LogP contribution in [0.4, 0.5) is 0 Å². The number of nitrogens with zero attached hydrogens (tertiary/aromatic N) is 2. The fourth-order valence-corrected chi connectivity index (χ4v) is 3.65. The Morgan fingerprint density at radius 1 is 0.958 bits per heavy atom. The summed E-state index contributed by atoms with van der Waals surface area (Å²) in [5.41, 5.74) is 1.03. The van der Waals surface area contributed by atoms with Crippen LogP contribution in [0.2, 0.25) is 0 Å². The first kappa shape index (κ1) is 16.7. The van der Waals surface area contributed by atoms with Crippen molar-refractivity contribution in [2.45, 2.75) is 11.3 Å². The van der Waals surface area contributed by atoms with Gasteiger partial charge in [0.05, 0.1) is 18.1 Å². The van der Waals surface area contributed by atoms with Crippen LogP contribution in [0.3, 0.4) is 0 Å². The van der Waals surface area contributed by atoms with Crippen LogP contribution in [0.15, 0.2) is 70.0 Å². The maximum absolute atomic E-state index is 12.6. The van der Waals surface area contributed by atoms with Gasteiger partial charge in [0.15, 0.2) is 0 Å². The zero-order chi connectivity index (χ0) is 16.8. The first-order valence-corrected chi connectivity index (χ1v) is 9.35. The molecule has 0 amide bonds. The Bertz CT molecular complexity index is 784. The van der Waals surface area contributed by atoms with Crippen LogP contribution in [0.25, 0.3) is 0 Å². The molecular weight excluding hydrogens is 324 g/mol. The third-order valence-corrected chi connectivity index (χ3v) is 5.17. The average molecular weight is 344 g/mol. The topological polar surface area (TPSA) is 59.0 Å². The molecule has 0 saturated carbocycles. The highest BCUT2D eigenvalue weighted by Gasteiger charge is 2.20. The standard InChI is InChI=1S/C18H20N2O3S/c21-24(22,17-9-5-2-6-10-17)19-18(20-11-13-23-14-12-20)15-16-7-3-1-4-8-16/h1-10H,11-15H2/b19-18-. The van der Waals surface area contributed by atoms with Gasteiger partial charge in [-0.15, -0.1) is 4.40 Å². The SMILES string of the molecule is O=S(=O)(/N=C(/Cc1ccccc1)N1CCOCC1)c1ccccc1. The lowest BCUT2D eigenvalue weighted by atomic mass is 10.1. The van der Waals surface area contributed by atoms with E-state index in [2.05, 4.69) is 4.40 Å². The first-order chi connectivity index (χ1) is 11.6. The summed E-state index contributed by atoms with van der Waals surface area (Å²) in [4.78, 5) is 2.21. The van der Waals surface area contributed by atoms with E-state index in [9.17, 15) is 8.42 Å². The maximum atomic E-state index is 12.6. The number of benzene rings is 2. The molecule has 0 aliphatic carbocycles. The molecule has 0 unspecified atom stereocenters. The Balaban J connectivity index is 1.94. The van der Waals surface area contributed by atoms with Crippen molar-refractivity contribution in [3.05, 3.63) is 66.2 Å². The molecule has 0 radical (unpaired) electrons. The molecule has 2 aromatic rings. The third-order valence-electron chi connectivity index (χ3n) is 3.85. The zero-order valence-corrected chi connectivity index (χ0v) is 14.2. The summed E-state index contributed by atoms with van der Waals surface area (Å²) >= 11 is 0. The smallest absolute Gasteiger partial charge is 0.283 e. The predicted molar refractivity (Wildman–Crippen MR) is 93.6 cm³/mol. The number of ether oxygens (including phenoxy) is 1. The van der Waals surface area contributed by atoms with Gasteiger partial charge in [-0.2, -0.15) is 8.42 Å². The molecule has 1 aliphatic heterocycles. The quantitative estimate of drug-likeness (QED) is 0.631. The maximum Gasteiger partial charge on any atom is 0.283 e. The van der Waals surface area contributed by atoms with E-state index >= 15 is 0 Å². The van der Waals surface area contributed by atoms with E-state index in [-0.39, 0.29) is 4.90 Å². The molecule has 1 saturated heterocycles. The van der Waals surface area contributed by atoms with Crippen molar-refractivity contribution < 1.29 is 13.2 Å². The summed E-state index contributed by atoms with van der Waals surface area (Å²) in [5.74, 6) is 0.563. The highest BCUT2D eigenvalue weighted by Crippen LogP contribution is 2.15. The van der Waals surface area contributed by atoms with E-state index in [4.69, 9.17) is 4.74 Å². The first-order valence-electron chi connectivity index (χ1n) is 7.91. The second-order valence-electron chi connectivity index (χ2n) is 5.56. The molecule has 0 aromatic heterocycles. The molecule has 3 rings (SSSR count). The van der Waals surface area contributed by atoms with Crippen molar-refractivity contribution >= 4 is 15.9 Å². The molecule has 0 spiro atoms. The Hall–Kier alpha value is -2.18. The van der Waals surface area contributed by atoms with Gasteiger partial charge in [-0.25, -0.2) is 0 Å². The zero-order valence-electron chi connectivity index (χ0n) is 13.3. The average Bonchev–Trinajstić information content (AvgIpc) is 2.63. The van der Waals surface area contributed by atoms with Gasteiger partial charge < -0.3 is 9.64 Å². The summed E-state index contributed by atoms with van der Waals surface area (Å²) in [6, 6.07) is 18.1. The molecule has 0 N–H and O–H groups in total. The lowest BCUT2D eigenvalue weighted by molar-refractivity contribution is 0.0675. The molecule has 5 nitrogen and oxygen atoms in total. The second kappa shape index (κ2) is 7.59. The van der Waals surface area contributed by atoms with Crippen molar-refractivity contribution in [3.63, 3.8) is 0 Å². The summed E-state index contributed by atoms with van der Waals surface area (Å²) in [7, 11) is -3.72. The number of rotatable bonds is 4. The highest BCUT2D eigenvalue weighted by atomic mass is 32.2. The largest absolute Gasteiger partial charge is 0.378 e. The summed E-state index contributed by atoms with van der Waals surface area (Å²) in [6.45, 7) is 2.46. The van der Waals surface area contributed by atoms with E-state index in [0.717, 1.165) is 5.56 Å². The van der Waals surface area contributed by atoms with E-state index in [1.807, 2.05) is 35.2 Å². The fourth-order valence-electron chi connectivity index (χ4n) is 2.59. The van der Waals surface area contributed by atoms with Gasteiger partial charge in [0.1, 0.15) is 5.84 Å². The van der Waals surface area contributed by atoms with Crippen LogP contribution >= 0.6 is 0 Å². The van der Waals surface area contributed by atoms with Crippen molar-refractivity contribution in [1.82, 2.24) is 4.90 Å². The molecule has 2 aromatic carbocycles. The van der Waals surface area contributed by atoms with E-state index in [1.165, 1.54) is 0 Å². The number of morpholine rings is 1. The lowest BCUT2D eigenvalue weighted by Crippen LogP contribution is -2.42. The minimum Gasteiger partial charge on any atom is -0.378 e. The second-order valence-corrected chi connectivity index (χ2v) is 7.16. The number of amidine groups is 1. The summed E-state index contributed by atoms with van der Waals surface area (Å²) in [5, 5.41) is 0. The minimum atomic E-state index is -3.72. The van der Waals surface area contributed by atoms with E-state index < -0.39 is 10.0 Å². The van der Waals surface area contributed by atoms with Gasteiger partial charge in [0.2, 0.25) is 0 Å². The molecule has 126 valence electrons. The third kappa shape index (κ3) is 4.21. The van der Waals surface area contributed by atoms with Gasteiger partial charge in [0, 0.05) is 19.5 Å². The van der Waals surface area contributed by atoms with Gasteiger partial charge in [0.25, 0.3) is 10.0 Å². The van der Waals surface area contributed by atoms with Crippen LogP contribution in [0.5, 0.6) is 0 Å². The van der Waals surface area contributed by atoms with Gasteiger partial charge in [-0.05, 0) is 17.7 Å². The molecule has 24 heavy (non-hydrogen) atoms. The molecule has 1 heterocycles. The Labute approximate surface area is 142 Å². The lowest BCUT2D eigenvalue weighted by Gasteiger charge is -2.29. The van der Waals surface area contributed by atoms with E-state index in [0.29, 0.717) is 38.6 Å². The van der Waals surface area contributed by atoms with Gasteiger partial charge >= 0.3 is 0 Å². The molecule has 0 atom stereocenters. The Kier molecular flexibility index (Phi) is 5.27. The van der Waals surface area contributed by atoms with Crippen molar-refractivity contribution in [2.75, 3.05) is 26.3 Å². The number of sulfonamides is 1. The molecule has 1 fully saturated rings. The van der Waals surface area contributed by atoms with E-state index in [1.54, 1.807) is 30.3 Å². The van der Waals surface area contributed by atoms with Crippen molar-refractivity contribution in [1.29, 1.82) is 0 Å². The molecule has 0 bridgehead atoms. The number of hydrogen-bond donors (Lipinski definition) is 0. The molecule has 1 aliphatic rings. The fraction of sp³-hybridized carbons (Fsp3) is 0.278. The van der Waals surface area contributed by atoms with Crippen molar-refractivity contribution in [3.8, 4) is 0 Å².